The van der Waals surface area contributed by atoms with Crippen LogP contribution in [0.25, 0.3) is 16.9 Å². The molecule has 0 saturated heterocycles. The smallest absolute Gasteiger partial charge is 0.189 e. The average molecular weight is 449 g/mol. The van der Waals surface area contributed by atoms with Gasteiger partial charge in [-0.3, -0.25) is 0 Å². The van der Waals surface area contributed by atoms with Crippen molar-refractivity contribution in [2.24, 2.45) is 0 Å². The molecule has 0 aliphatic heterocycles. The van der Waals surface area contributed by atoms with Gasteiger partial charge in [-0.25, -0.2) is 9.97 Å². The second-order valence-electron chi connectivity index (χ2n) is 6.91. The summed E-state index contributed by atoms with van der Waals surface area (Å²) in [5, 5.41) is 12.0. The number of methoxy groups -OCH3 is 2. The van der Waals surface area contributed by atoms with Crippen LogP contribution in [0.3, 0.4) is 0 Å². The summed E-state index contributed by atoms with van der Waals surface area (Å²) in [6, 6.07) is 6.17. The number of benzene rings is 1. The van der Waals surface area contributed by atoms with E-state index in [1.807, 2.05) is 13.0 Å². The molecule has 1 aromatic carbocycles. The van der Waals surface area contributed by atoms with Crippen LogP contribution in [0.4, 0.5) is 5.82 Å². The van der Waals surface area contributed by atoms with Gasteiger partial charge in [0.15, 0.2) is 17.0 Å². The highest BCUT2D eigenvalue weighted by atomic mass is 79.9. The fourth-order valence-electron chi connectivity index (χ4n) is 2.97. The fourth-order valence-corrected chi connectivity index (χ4v) is 3.53. The van der Waals surface area contributed by atoms with Crippen LogP contribution in [0.5, 0.6) is 0 Å². The van der Waals surface area contributed by atoms with Gasteiger partial charge in [-0.2, -0.15) is 4.68 Å². The lowest BCUT2D eigenvalue weighted by molar-refractivity contribution is 0.126. The first-order chi connectivity index (χ1) is 13.4. The quantitative estimate of drug-likeness (QED) is 0.564. The van der Waals surface area contributed by atoms with Gasteiger partial charge in [0, 0.05) is 18.7 Å². The molecule has 150 valence electrons. The third-order valence-corrected chi connectivity index (χ3v) is 4.99. The van der Waals surface area contributed by atoms with Gasteiger partial charge < -0.3 is 14.8 Å². The number of anilines is 1. The molecule has 28 heavy (non-hydrogen) atoms. The number of ether oxygens (including phenoxy) is 2. The number of aryl methyl sites for hydroxylation is 1. The van der Waals surface area contributed by atoms with Gasteiger partial charge in [0.1, 0.15) is 5.82 Å². The molecule has 2 aromatic heterocycles. The molecule has 0 fully saturated rings. The minimum Gasteiger partial charge on any atom is -0.382 e. The van der Waals surface area contributed by atoms with E-state index in [1.165, 1.54) is 5.56 Å². The number of aromatic nitrogens is 5. The third kappa shape index (κ3) is 4.31. The predicted molar refractivity (Wildman–Crippen MR) is 112 cm³/mol. The molecule has 0 aliphatic carbocycles. The van der Waals surface area contributed by atoms with E-state index in [9.17, 15) is 0 Å². The molecule has 0 unspecified atom stereocenters. The van der Waals surface area contributed by atoms with Crippen LogP contribution >= 0.6 is 15.9 Å². The summed E-state index contributed by atoms with van der Waals surface area (Å²) in [4.78, 5) is 9.09. The Labute approximate surface area is 172 Å². The number of rotatable bonds is 8. The van der Waals surface area contributed by atoms with Crippen molar-refractivity contribution in [3.05, 3.63) is 34.1 Å². The molecule has 0 spiro atoms. The van der Waals surface area contributed by atoms with Crippen molar-refractivity contribution in [2.45, 2.75) is 32.7 Å². The summed E-state index contributed by atoms with van der Waals surface area (Å²) in [7, 11) is 3.31. The van der Waals surface area contributed by atoms with Crippen molar-refractivity contribution in [3.8, 4) is 5.69 Å². The van der Waals surface area contributed by atoms with Crippen molar-refractivity contribution in [1.82, 2.24) is 25.0 Å². The van der Waals surface area contributed by atoms with Gasteiger partial charge in [0.2, 0.25) is 0 Å². The Kier molecular flexibility index (Phi) is 6.58. The van der Waals surface area contributed by atoms with Crippen molar-refractivity contribution < 1.29 is 9.47 Å². The summed E-state index contributed by atoms with van der Waals surface area (Å²) < 4.78 is 13.2. The van der Waals surface area contributed by atoms with Gasteiger partial charge >= 0.3 is 0 Å². The van der Waals surface area contributed by atoms with E-state index < -0.39 is 0 Å². The van der Waals surface area contributed by atoms with Crippen molar-refractivity contribution in [1.29, 1.82) is 0 Å². The number of hydrogen-bond donors (Lipinski definition) is 1. The van der Waals surface area contributed by atoms with E-state index in [-0.39, 0.29) is 6.04 Å². The van der Waals surface area contributed by atoms with Crippen molar-refractivity contribution in [3.63, 3.8) is 0 Å². The second-order valence-corrected chi connectivity index (χ2v) is 7.76. The van der Waals surface area contributed by atoms with Crippen LogP contribution in [-0.2, 0) is 9.47 Å². The Morgan fingerprint density at radius 2 is 1.86 bits per heavy atom. The number of hydrogen-bond acceptors (Lipinski definition) is 7. The van der Waals surface area contributed by atoms with E-state index in [1.54, 1.807) is 18.9 Å². The number of nitrogens with zero attached hydrogens (tertiary/aromatic N) is 5. The van der Waals surface area contributed by atoms with E-state index in [0.717, 1.165) is 10.2 Å². The molecule has 0 aliphatic rings. The van der Waals surface area contributed by atoms with E-state index >= 15 is 0 Å². The lowest BCUT2D eigenvalue weighted by atomic mass is 10.0. The van der Waals surface area contributed by atoms with Crippen LogP contribution in [0.15, 0.2) is 22.7 Å². The predicted octanol–water partition coefficient (Wildman–Crippen LogP) is 3.48. The minimum atomic E-state index is -0.0605. The molecule has 9 heteroatoms. The van der Waals surface area contributed by atoms with Crippen molar-refractivity contribution >= 4 is 32.9 Å². The Hall–Kier alpha value is -2.10. The topological polar surface area (TPSA) is 87.0 Å². The molecule has 3 aromatic rings. The molecule has 1 N–H and O–H groups in total. The molecule has 0 amide bonds. The maximum Gasteiger partial charge on any atom is 0.189 e. The maximum absolute atomic E-state index is 5.26. The van der Waals surface area contributed by atoms with E-state index in [0.29, 0.717) is 41.9 Å². The Bertz CT molecular complexity index is 953. The van der Waals surface area contributed by atoms with Gasteiger partial charge in [-0.05, 0) is 46.5 Å². The average Bonchev–Trinajstić information content (AvgIpc) is 3.05. The van der Waals surface area contributed by atoms with Crippen LogP contribution in [0, 0.1) is 6.92 Å². The van der Waals surface area contributed by atoms with E-state index in [4.69, 9.17) is 9.47 Å². The molecular formula is C19H25BrN6O2. The summed E-state index contributed by atoms with van der Waals surface area (Å²) in [6.45, 7) is 7.14. The monoisotopic (exact) mass is 448 g/mol. The molecule has 0 radical (unpaired) electrons. The molecule has 0 atom stereocenters. The first-order valence-electron chi connectivity index (χ1n) is 9.08. The van der Waals surface area contributed by atoms with Gasteiger partial charge in [0.25, 0.3) is 0 Å². The number of halogens is 1. The lowest BCUT2D eigenvalue weighted by Crippen LogP contribution is -2.30. The fraction of sp³-hybridized carbons (Fsp3) is 0.474. The number of fused-ring (bicyclic) bond motifs is 1. The normalized spacial score (nSPS) is 11.7. The Balaban J connectivity index is 2.04. The van der Waals surface area contributed by atoms with Crippen LogP contribution in [0.2, 0.25) is 0 Å². The maximum atomic E-state index is 5.26. The minimum absolute atomic E-state index is 0.0605. The lowest BCUT2D eigenvalue weighted by Gasteiger charge is -2.17. The Morgan fingerprint density at radius 1 is 1.14 bits per heavy atom. The summed E-state index contributed by atoms with van der Waals surface area (Å²) in [5.41, 5.74) is 3.36. The zero-order chi connectivity index (χ0) is 20.3. The number of nitrogens with one attached hydrogen (secondary N) is 1. The van der Waals surface area contributed by atoms with Gasteiger partial charge in [-0.15, -0.1) is 5.10 Å². The Morgan fingerprint density at radius 3 is 2.46 bits per heavy atom. The molecule has 0 bridgehead atoms. The molecule has 0 saturated carbocycles. The highest BCUT2D eigenvalue weighted by Gasteiger charge is 2.19. The third-order valence-electron chi connectivity index (χ3n) is 4.36. The van der Waals surface area contributed by atoms with Gasteiger partial charge in [-0.1, -0.05) is 25.1 Å². The van der Waals surface area contributed by atoms with E-state index in [2.05, 4.69) is 67.5 Å². The largest absolute Gasteiger partial charge is 0.382 e. The molecule has 8 nitrogen and oxygen atoms in total. The van der Waals surface area contributed by atoms with Gasteiger partial charge in [0.05, 0.1) is 24.9 Å². The zero-order valence-electron chi connectivity index (χ0n) is 16.7. The SMILES string of the molecule is COCC(COC)Nc1nc(C)nc2c1nnn2-c1ccc(C(C)C)cc1Br. The standard InChI is InChI=1S/C19H25BrN6O2/c1-11(2)13-6-7-16(15(20)8-13)26-19-17(24-25-26)18(21-12(3)22-19)23-14(9-27-4)10-28-5/h6-8,11,14H,9-10H2,1-5H3,(H,21,22,23). The molecular weight excluding hydrogens is 424 g/mol. The molecule has 3 rings (SSSR count). The zero-order valence-corrected chi connectivity index (χ0v) is 18.3. The summed E-state index contributed by atoms with van der Waals surface area (Å²) >= 11 is 3.66. The summed E-state index contributed by atoms with van der Waals surface area (Å²) in [6.07, 6.45) is 0. The first-order valence-corrected chi connectivity index (χ1v) is 9.88. The highest BCUT2D eigenvalue weighted by molar-refractivity contribution is 9.10. The van der Waals surface area contributed by atoms with Crippen LogP contribution < -0.4 is 5.32 Å². The first kappa shape index (κ1) is 20.6. The summed E-state index contributed by atoms with van der Waals surface area (Å²) in [5.74, 6) is 1.68. The second kappa shape index (κ2) is 8.93. The highest BCUT2D eigenvalue weighted by Crippen LogP contribution is 2.28. The van der Waals surface area contributed by atoms with Crippen molar-refractivity contribution in [2.75, 3.05) is 32.8 Å². The molecule has 2 heterocycles. The van der Waals surface area contributed by atoms with Crippen LogP contribution in [0.1, 0.15) is 31.2 Å². The van der Waals surface area contributed by atoms with Crippen LogP contribution in [-0.4, -0.2) is 58.4 Å².